The second-order valence-electron chi connectivity index (χ2n) is 5.71. The van der Waals surface area contributed by atoms with Gasteiger partial charge in [0.1, 0.15) is 0 Å². The maximum atomic E-state index is 11.9. The summed E-state index contributed by atoms with van der Waals surface area (Å²) in [6.07, 6.45) is 1.79. The Balaban J connectivity index is 1.81. The molecule has 6 nitrogen and oxygen atoms in total. The molecule has 0 aliphatic rings. The van der Waals surface area contributed by atoms with Gasteiger partial charge in [0.05, 0.1) is 5.69 Å². The molecule has 1 aromatic carbocycles. The lowest BCUT2D eigenvalue weighted by Gasteiger charge is -2.09. The van der Waals surface area contributed by atoms with E-state index in [0.717, 1.165) is 16.8 Å². The Bertz CT molecular complexity index is 778. The highest BCUT2D eigenvalue weighted by atomic mass is 16.2. The van der Waals surface area contributed by atoms with E-state index in [4.69, 9.17) is 0 Å². The van der Waals surface area contributed by atoms with Crippen molar-refractivity contribution < 1.29 is 14.4 Å². The third kappa shape index (κ3) is 4.32. The monoisotopic (exact) mass is 327 g/mol. The number of amides is 2. The molecule has 0 unspecified atom stereocenters. The smallest absolute Gasteiger partial charge is 0.294 e. The summed E-state index contributed by atoms with van der Waals surface area (Å²) >= 11 is 0. The molecule has 0 aliphatic carbocycles. The minimum Gasteiger partial charge on any atom is -0.349 e. The fraction of sp³-hybridized carbons (Fsp3) is 0.278. The van der Waals surface area contributed by atoms with E-state index < -0.39 is 11.7 Å². The number of anilines is 1. The number of hydrogen-bond donors (Lipinski definition) is 2. The average Bonchev–Trinajstić information content (AvgIpc) is 2.95. The standard InChI is InChI=1S/C18H21N3O3/c1-12-6-7-14(13(2)11-12)20-16(22)8-9-19-18(24)17(23)15-5-4-10-21(15)3/h4-7,10-11H,8-9H2,1-3H3,(H,19,24)(H,20,22). The lowest BCUT2D eigenvalue weighted by atomic mass is 10.1. The zero-order chi connectivity index (χ0) is 17.7. The molecule has 0 spiro atoms. The van der Waals surface area contributed by atoms with Crippen molar-refractivity contribution in [2.24, 2.45) is 7.05 Å². The molecule has 6 heteroatoms. The first kappa shape index (κ1) is 17.5. The van der Waals surface area contributed by atoms with Crippen molar-refractivity contribution >= 4 is 23.3 Å². The molecule has 2 aromatic rings. The summed E-state index contributed by atoms with van der Waals surface area (Å²) in [7, 11) is 1.69. The van der Waals surface area contributed by atoms with Crippen molar-refractivity contribution in [3.05, 3.63) is 53.3 Å². The van der Waals surface area contributed by atoms with Crippen molar-refractivity contribution in [1.29, 1.82) is 0 Å². The van der Waals surface area contributed by atoms with Crippen molar-refractivity contribution in [1.82, 2.24) is 9.88 Å². The number of Topliss-reactive ketones (excluding diaryl/α,β-unsaturated/α-hetero) is 1. The largest absolute Gasteiger partial charge is 0.349 e. The summed E-state index contributed by atoms with van der Waals surface area (Å²) < 4.78 is 1.58. The van der Waals surface area contributed by atoms with Crippen LogP contribution in [0, 0.1) is 13.8 Å². The summed E-state index contributed by atoms with van der Waals surface area (Å²) in [6, 6.07) is 9.02. The quantitative estimate of drug-likeness (QED) is 0.629. The Morgan fingerprint density at radius 2 is 1.88 bits per heavy atom. The van der Waals surface area contributed by atoms with Gasteiger partial charge < -0.3 is 15.2 Å². The maximum Gasteiger partial charge on any atom is 0.294 e. The fourth-order valence-electron chi connectivity index (χ4n) is 2.35. The molecule has 0 aliphatic heterocycles. The van der Waals surface area contributed by atoms with E-state index in [0.29, 0.717) is 5.69 Å². The molecule has 0 saturated carbocycles. The third-order valence-corrected chi connectivity index (χ3v) is 3.68. The van der Waals surface area contributed by atoms with Crippen LogP contribution in [0.2, 0.25) is 0 Å². The van der Waals surface area contributed by atoms with Crippen LogP contribution in [0.3, 0.4) is 0 Å². The van der Waals surface area contributed by atoms with Gasteiger partial charge >= 0.3 is 0 Å². The average molecular weight is 327 g/mol. The molecule has 0 fully saturated rings. The van der Waals surface area contributed by atoms with E-state index in [1.807, 2.05) is 32.0 Å². The summed E-state index contributed by atoms with van der Waals surface area (Å²) in [5, 5.41) is 5.27. The highest BCUT2D eigenvalue weighted by molar-refractivity contribution is 6.42. The SMILES string of the molecule is Cc1ccc(NC(=O)CCNC(=O)C(=O)c2cccn2C)c(C)c1. The van der Waals surface area contributed by atoms with Crippen molar-refractivity contribution in [2.45, 2.75) is 20.3 Å². The van der Waals surface area contributed by atoms with Crippen LogP contribution in [0.1, 0.15) is 28.0 Å². The van der Waals surface area contributed by atoms with Crippen molar-refractivity contribution in [3.63, 3.8) is 0 Å². The van der Waals surface area contributed by atoms with Crippen LogP contribution >= 0.6 is 0 Å². The molecular weight excluding hydrogens is 306 g/mol. The third-order valence-electron chi connectivity index (χ3n) is 3.68. The van der Waals surface area contributed by atoms with Gasteiger partial charge in [-0.2, -0.15) is 0 Å². The van der Waals surface area contributed by atoms with Gasteiger partial charge in [-0.05, 0) is 37.6 Å². The first-order valence-corrected chi connectivity index (χ1v) is 7.69. The van der Waals surface area contributed by atoms with E-state index in [-0.39, 0.29) is 18.9 Å². The van der Waals surface area contributed by atoms with Crippen LogP contribution in [-0.2, 0) is 16.6 Å². The minimum absolute atomic E-state index is 0.0967. The van der Waals surface area contributed by atoms with Crippen LogP contribution in [0.4, 0.5) is 5.69 Å². The van der Waals surface area contributed by atoms with Gasteiger partial charge in [0.25, 0.3) is 11.7 Å². The van der Waals surface area contributed by atoms with Gasteiger partial charge in [0.2, 0.25) is 5.91 Å². The predicted octanol–water partition coefficient (Wildman–Crippen LogP) is 1.97. The van der Waals surface area contributed by atoms with Gasteiger partial charge in [-0.25, -0.2) is 0 Å². The molecule has 126 valence electrons. The topological polar surface area (TPSA) is 80.2 Å². The number of carbonyl (C=O) groups excluding carboxylic acids is 3. The van der Waals surface area contributed by atoms with Crippen LogP contribution in [-0.4, -0.2) is 28.7 Å². The molecule has 0 atom stereocenters. The van der Waals surface area contributed by atoms with Crippen LogP contribution in [0.5, 0.6) is 0 Å². The van der Waals surface area contributed by atoms with Gasteiger partial charge in [-0.15, -0.1) is 0 Å². The number of hydrogen-bond acceptors (Lipinski definition) is 3. The minimum atomic E-state index is -0.712. The summed E-state index contributed by atoms with van der Waals surface area (Å²) in [4.78, 5) is 35.7. The molecule has 24 heavy (non-hydrogen) atoms. The highest BCUT2D eigenvalue weighted by Gasteiger charge is 2.18. The Kier molecular flexibility index (Phi) is 5.52. The molecule has 2 N–H and O–H groups in total. The number of aromatic nitrogens is 1. The van der Waals surface area contributed by atoms with Gasteiger partial charge in [0, 0.05) is 31.9 Å². The first-order chi connectivity index (χ1) is 11.4. The molecule has 0 radical (unpaired) electrons. The number of nitrogens with zero attached hydrogens (tertiary/aromatic N) is 1. The van der Waals surface area contributed by atoms with Crippen LogP contribution in [0.15, 0.2) is 36.5 Å². The number of rotatable bonds is 6. The van der Waals surface area contributed by atoms with Crippen molar-refractivity contribution in [2.75, 3.05) is 11.9 Å². The maximum absolute atomic E-state index is 11.9. The lowest BCUT2D eigenvalue weighted by Crippen LogP contribution is -2.34. The first-order valence-electron chi connectivity index (χ1n) is 7.69. The van der Waals surface area contributed by atoms with Crippen LogP contribution < -0.4 is 10.6 Å². The number of benzene rings is 1. The van der Waals surface area contributed by atoms with Crippen LogP contribution in [0.25, 0.3) is 0 Å². The lowest BCUT2D eigenvalue weighted by molar-refractivity contribution is -0.117. The summed E-state index contributed by atoms with van der Waals surface area (Å²) in [5.74, 6) is -1.54. The second kappa shape index (κ2) is 7.59. The van der Waals surface area contributed by atoms with E-state index in [2.05, 4.69) is 10.6 Å². The molecule has 1 heterocycles. The summed E-state index contributed by atoms with van der Waals surface area (Å²) in [6.45, 7) is 4.01. The highest BCUT2D eigenvalue weighted by Crippen LogP contribution is 2.16. The Morgan fingerprint density at radius 3 is 2.50 bits per heavy atom. The molecule has 2 rings (SSSR count). The van der Waals surface area contributed by atoms with E-state index >= 15 is 0 Å². The Morgan fingerprint density at radius 1 is 1.12 bits per heavy atom. The molecule has 2 amide bonds. The zero-order valence-corrected chi connectivity index (χ0v) is 14.1. The Hall–Kier alpha value is -2.89. The predicted molar refractivity (Wildman–Crippen MR) is 91.9 cm³/mol. The normalized spacial score (nSPS) is 10.3. The van der Waals surface area contributed by atoms with Gasteiger partial charge in [0.15, 0.2) is 0 Å². The molecular formula is C18H21N3O3. The zero-order valence-electron chi connectivity index (χ0n) is 14.1. The van der Waals surface area contributed by atoms with E-state index in [9.17, 15) is 14.4 Å². The van der Waals surface area contributed by atoms with E-state index in [1.165, 1.54) is 0 Å². The number of nitrogens with one attached hydrogen (secondary N) is 2. The Labute approximate surface area is 140 Å². The van der Waals surface area contributed by atoms with Gasteiger partial charge in [-0.3, -0.25) is 14.4 Å². The molecule has 1 aromatic heterocycles. The van der Waals surface area contributed by atoms with Gasteiger partial charge in [-0.1, -0.05) is 17.7 Å². The second-order valence-corrected chi connectivity index (χ2v) is 5.71. The number of aryl methyl sites for hydroxylation is 3. The number of ketones is 1. The molecule has 0 bridgehead atoms. The molecule has 0 saturated heterocycles. The van der Waals surface area contributed by atoms with Crippen molar-refractivity contribution in [3.8, 4) is 0 Å². The number of carbonyl (C=O) groups is 3. The summed E-state index contributed by atoms with van der Waals surface area (Å²) in [5.41, 5.74) is 3.16. The fourth-order valence-corrected chi connectivity index (χ4v) is 2.35. The van der Waals surface area contributed by atoms with E-state index in [1.54, 1.807) is 29.9 Å².